The molecule has 0 bridgehead atoms. The maximum atomic E-state index is 12.5. The van der Waals surface area contributed by atoms with Gasteiger partial charge in [-0.1, -0.05) is 30.3 Å². The lowest BCUT2D eigenvalue weighted by molar-refractivity contribution is 0.0933. The fraction of sp³-hybridized carbons (Fsp3) is 0.474. The van der Waals surface area contributed by atoms with E-state index in [1.165, 1.54) is 5.56 Å². The highest BCUT2D eigenvalue weighted by molar-refractivity contribution is 5.92. The Kier molecular flexibility index (Phi) is 8.10. The van der Waals surface area contributed by atoms with Crippen LogP contribution in [0.25, 0.3) is 0 Å². The Morgan fingerprint density at radius 2 is 2.00 bits per heavy atom. The van der Waals surface area contributed by atoms with Crippen molar-refractivity contribution < 1.29 is 4.79 Å². The minimum absolute atomic E-state index is 0. The summed E-state index contributed by atoms with van der Waals surface area (Å²) in [6.45, 7) is 5.60. The molecule has 0 spiro atoms. The number of amides is 1. The van der Waals surface area contributed by atoms with Crippen LogP contribution in [0.2, 0.25) is 0 Å². The molecule has 8 heteroatoms. The molecule has 3 heterocycles. The van der Waals surface area contributed by atoms with Crippen LogP contribution in [0.15, 0.2) is 36.5 Å². The molecule has 6 nitrogen and oxygen atoms in total. The summed E-state index contributed by atoms with van der Waals surface area (Å²) in [6, 6.07) is 10.7. The second-order valence-corrected chi connectivity index (χ2v) is 6.92. The molecule has 1 atom stereocenters. The zero-order valence-corrected chi connectivity index (χ0v) is 16.9. The minimum atomic E-state index is -0.0416. The largest absolute Gasteiger partial charge is 0.347 e. The van der Waals surface area contributed by atoms with E-state index in [9.17, 15) is 4.79 Å². The van der Waals surface area contributed by atoms with Gasteiger partial charge in [0.1, 0.15) is 11.5 Å². The van der Waals surface area contributed by atoms with Crippen LogP contribution < -0.4 is 10.6 Å². The molecule has 1 amide bonds. The van der Waals surface area contributed by atoms with Gasteiger partial charge in [0.25, 0.3) is 5.91 Å². The molecule has 1 saturated heterocycles. The first-order valence-electron chi connectivity index (χ1n) is 9.12. The Bertz CT molecular complexity index is 713. The average molecular weight is 412 g/mol. The highest BCUT2D eigenvalue weighted by atomic mass is 35.5. The Hall–Kier alpha value is -1.60. The normalized spacial score (nSPS) is 19.3. The number of benzene rings is 1. The van der Waals surface area contributed by atoms with E-state index in [0.717, 1.165) is 57.9 Å². The molecule has 0 radical (unpaired) electrons. The second kappa shape index (κ2) is 10.1. The molecule has 27 heavy (non-hydrogen) atoms. The van der Waals surface area contributed by atoms with Crippen molar-refractivity contribution in [2.45, 2.75) is 32.0 Å². The van der Waals surface area contributed by atoms with Crippen molar-refractivity contribution >= 4 is 30.7 Å². The predicted octanol–water partition coefficient (Wildman–Crippen LogP) is 1.88. The van der Waals surface area contributed by atoms with E-state index >= 15 is 0 Å². The molecule has 2 N–H and O–H groups in total. The molecule has 4 rings (SSSR count). The van der Waals surface area contributed by atoms with Crippen molar-refractivity contribution in [3.63, 3.8) is 0 Å². The van der Waals surface area contributed by atoms with Crippen molar-refractivity contribution in [2.75, 3.05) is 26.2 Å². The van der Waals surface area contributed by atoms with Gasteiger partial charge in [-0.15, -0.1) is 24.8 Å². The minimum Gasteiger partial charge on any atom is -0.347 e. The van der Waals surface area contributed by atoms with Crippen LogP contribution in [0.3, 0.4) is 0 Å². The lowest BCUT2D eigenvalue weighted by Crippen LogP contribution is -2.37. The standard InChI is InChI=1S/C19H25N5O.2ClH/c25-19(17-14-24-11-9-20-8-6-18(24)22-17)21-16-7-10-23(13-16)12-15-4-2-1-3-5-15;;/h1-5,14,16,20H,6-13H2,(H,21,25);2*1H/t16-;;/m0../s1. The van der Waals surface area contributed by atoms with Gasteiger partial charge in [0.05, 0.1) is 0 Å². The smallest absolute Gasteiger partial charge is 0.271 e. The van der Waals surface area contributed by atoms with Gasteiger partial charge in [-0.3, -0.25) is 9.69 Å². The third-order valence-electron chi connectivity index (χ3n) is 5.00. The van der Waals surface area contributed by atoms with E-state index in [4.69, 9.17) is 0 Å². The summed E-state index contributed by atoms with van der Waals surface area (Å²) in [7, 11) is 0. The summed E-state index contributed by atoms with van der Waals surface area (Å²) in [5, 5.41) is 6.51. The van der Waals surface area contributed by atoms with Crippen molar-refractivity contribution in [1.29, 1.82) is 0 Å². The van der Waals surface area contributed by atoms with E-state index in [1.807, 2.05) is 12.3 Å². The highest BCUT2D eigenvalue weighted by Gasteiger charge is 2.25. The zero-order chi connectivity index (χ0) is 17.1. The number of fused-ring (bicyclic) bond motifs is 1. The Balaban J connectivity index is 0.00000131. The summed E-state index contributed by atoms with van der Waals surface area (Å²) in [5.41, 5.74) is 1.87. The fourth-order valence-corrected chi connectivity index (χ4v) is 3.68. The first-order chi connectivity index (χ1) is 12.3. The van der Waals surface area contributed by atoms with E-state index < -0.39 is 0 Å². The molecule has 2 aliphatic rings. The first-order valence-corrected chi connectivity index (χ1v) is 9.12. The summed E-state index contributed by atoms with van der Waals surface area (Å²) < 4.78 is 2.10. The number of carbonyl (C=O) groups excluding carboxylic acids is 1. The van der Waals surface area contributed by atoms with Gasteiger partial charge < -0.3 is 15.2 Å². The maximum absolute atomic E-state index is 12.5. The van der Waals surface area contributed by atoms with Crippen LogP contribution in [0.4, 0.5) is 0 Å². The number of nitrogens with zero attached hydrogens (tertiary/aromatic N) is 3. The van der Waals surface area contributed by atoms with Crippen LogP contribution in [0, 0.1) is 0 Å². The van der Waals surface area contributed by atoms with E-state index in [-0.39, 0.29) is 36.8 Å². The molecule has 2 aromatic rings. The molecule has 1 aromatic heterocycles. The van der Waals surface area contributed by atoms with Crippen molar-refractivity contribution in [2.24, 2.45) is 0 Å². The number of aromatic nitrogens is 2. The van der Waals surface area contributed by atoms with E-state index in [2.05, 4.69) is 49.4 Å². The molecule has 0 unspecified atom stereocenters. The van der Waals surface area contributed by atoms with Crippen LogP contribution in [-0.2, 0) is 19.5 Å². The van der Waals surface area contributed by atoms with Crippen molar-refractivity contribution in [3.05, 3.63) is 53.6 Å². The van der Waals surface area contributed by atoms with Gasteiger partial charge in [-0.05, 0) is 12.0 Å². The third-order valence-corrected chi connectivity index (χ3v) is 5.00. The predicted molar refractivity (Wildman–Crippen MR) is 111 cm³/mol. The average Bonchev–Trinajstić information content (AvgIpc) is 3.17. The quantitative estimate of drug-likeness (QED) is 0.805. The lowest BCUT2D eigenvalue weighted by atomic mass is 10.2. The lowest BCUT2D eigenvalue weighted by Gasteiger charge is -2.16. The molecule has 148 valence electrons. The summed E-state index contributed by atoms with van der Waals surface area (Å²) >= 11 is 0. The Morgan fingerprint density at radius 1 is 1.19 bits per heavy atom. The molecular weight excluding hydrogens is 385 g/mol. The summed E-state index contributed by atoms with van der Waals surface area (Å²) in [4.78, 5) is 19.5. The SMILES string of the molecule is Cl.Cl.O=C(N[C@H]1CCN(Cc2ccccc2)C1)c1cn2c(n1)CCNCC2. The van der Waals surface area contributed by atoms with Gasteiger partial charge in [0.15, 0.2) is 0 Å². The molecule has 1 aromatic carbocycles. The number of carbonyl (C=O) groups is 1. The van der Waals surface area contributed by atoms with Crippen LogP contribution >= 0.6 is 24.8 Å². The number of likely N-dealkylation sites (tertiary alicyclic amines) is 1. The summed E-state index contributed by atoms with van der Waals surface area (Å²) in [6.07, 6.45) is 3.77. The first kappa shape index (κ1) is 21.7. The van der Waals surface area contributed by atoms with Gasteiger partial charge >= 0.3 is 0 Å². The van der Waals surface area contributed by atoms with Crippen LogP contribution in [0.1, 0.15) is 28.3 Å². The number of hydrogen-bond acceptors (Lipinski definition) is 4. The maximum Gasteiger partial charge on any atom is 0.271 e. The molecule has 0 saturated carbocycles. The molecular formula is C19H27Cl2N5O. The third kappa shape index (κ3) is 5.45. The number of hydrogen-bond donors (Lipinski definition) is 2. The van der Waals surface area contributed by atoms with E-state index in [0.29, 0.717) is 5.69 Å². The Labute approximate surface area is 172 Å². The van der Waals surface area contributed by atoms with Gasteiger partial charge in [-0.25, -0.2) is 4.98 Å². The van der Waals surface area contributed by atoms with Gasteiger partial charge in [-0.2, -0.15) is 0 Å². The van der Waals surface area contributed by atoms with Crippen molar-refractivity contribution in [3.8, 4) is 0 Å². The zero-order valence-electron chi connectivity index (χ0n) is 15.3. The number of rotatable bonds is 4. The summed E-state index contributed by atoms with van der Waals surface area (Å²) in [5.74, 6) is 0.965. The van der Waals surface area contributed by atoms with Crippen LogP contribution in [-0.4, -0.2) is 52.6 Å². The molecule has 2 aliphatic heterocycles. The second-order valence-electron chi connectivity index (χ2n) is 6.92. The molecule has 1 fully saturated rings. The van der Waals surface area contributed by atoms with Gasteiger partial charge in [0, 0.05) is 57.9 Å². The fourth-order valence-electron chi connectivity index (χ4n) is 3.68. The molecule has 0 aliphatic carbocycles. The topological polar surface area (TPSA) is 62.2 Å². The Morgan fingerprint density at radius 3 is 2.81 bits per heavy atom. The number of halogens is 2. The number of nitrogens with one attached hydrogen (secondary N) is 2. The van der Waals surface area contributed by atoms with Gasteiger partial charge in [0.2, 0.25) is 0 Å². The highest BCUT2D eigenvalue weighted by Crippen LogP contribution is 2.14. The van der Waals surface area contributed by atoms with Crippen molar-refractivity contribution in [1.82, 2.24) is 25.1 Å². The van der Waals surface area contributed by atoms with E-state index in [1.54, 1.807) is 0 Å². The van der Waals surface area contributed by atoms with Crippen LogP contribution in [0.5, 0.6) is 0 Å². The monoisotopic (exact) mass is 411 g/mol. The number of imidazole rings is 1.